The van der Waals surface area contributed by atoms with Crippen LogP contribution in [0.15, 0.2) is 79.3 Å². The fourth-order valence-electron chi connectivity index (χ4n) is 3.95. The predicted octanol–water partition coefficient (Wildman–Crippen LogP) is 4.42. The van der Waals surface area contributed by atoms with Gasteiger partial charge in [-0.2, -0.15) is 0 Å². The molecule has 0 saturated carbocycles. The molecule has 152 valence electrons. The van der Waals surface area contributed by atoms with Crippen LogP contribution in [0.25, 0.3) is 10.9 Å². The molecule has 1 N–H and O–H groups in total. The fraction of sp³-hybridized carbons (Fsp3) is 0.200. The average Bonchev–Trinajstić information content (AvgIpc) is 3.13. The van der Waals surface area contributed by atoms with Gasteiger partial charge >= 0.3 is 0 Å². The van der Waals surface area contributed by atoms with E-state index in [2.05, 4.69) is 33.2 Å². The van der Waals surface area contributed by atoms with E-state index in [1.165, 1.54) is 0 Å². The topological polar surface area (TPSA) is 56.1 Å². The lowest BCUT2D eigenvalue weighted by atomic mass is 9.87. The molecule has 0 spiro atoms. The van der Waals surface area contributed by atoms with Crippen LogP contribution in [0.3, 0.4) is 0 Å². The van der Waals surface area contributed by atoms with Crippen LogP contribution in [-0.2, 0) is 18.4 Å². The highest BCUT2D eigenvalue weighted by atomic mass is 16.5. The molecular weight excluding hydrogens is 374 g/mol. The molecule has 5 nitrogen and oxygen atoms in total. The van der Waals surface area contributed by atoms with Gasteiger partial charge < -0.3 is 14.6 Å². The second-order valence-electron chi connectivity index (χ2n) is 7.35. The van der Waals surface area contributed by atoms with Gasteiger partial charge in [0.1, 0.15) is 5.75 Å². The van der Waals surface area contributed by atoms with E-state index in [4.69, 9.17) is 4.74 Å². The van der Waals surface area contributed by atoms with E-state index in [0.29, 0.717) is 13.0 Å². The number of rotatable bonds is 7. The minimum atomic E-state index is -0.124. The van der Waals surface area contributed by atoms with Gasteiger partial charge in [-0.15, -0.1) is 0 Å². The first-order valence-corrected chi connectivity index (χ1v) is 10.00. The molecule has 0 aliphatic carbocycles. The third-order valence-corrected chi connectivity index (χ3v) is 5.42. The molecule has 4 rings (SSSR count). The molecule has 1 unspecified atom stereocenters. The van der Waals surface area contributed by atoms with E-state index >= 15 is 0 Å². The maximum atomic E-state index is 12.9. The van der Waals surface area contributed by atoms with Gasteiger partial charge in [0.25, 0.3) is 0 Å². The summed E-state index contributed by atoms with van der Waals surface area (Å²) in [5.41, 5.74) is 4.25. The second-order valence-corrected chi connectivity index (χ2v) is 7.35. The molecule has 0 saturated heterocycles. The van der Waals surface area contributed by atoms with E-state index in [-0.39, 0.29) is 11.8 Å². The normalized spacial score (nSPS) is 11.9. The van der Waals surface area contributed by atoms with Crippen molar-refractivity contribution in [3.05, 3.63) is 95.9 Å². The van der Waals surface area contributed by atoms with Crippen LogP contribution in [0.2, 0.25) is 0 Å². The second kappa shape index (κ2) is 8.82. The van der Waals surface area contributed by atoms with E-state index in [1.807, 2.05) is 55.6 Å². The monoisotopic (exact) mass is 399 g/mol. The molecule has 2 aromatic heterocycles. The van der Waals surface area contributed by atoms with E-state index in [9.17, 15) is 4.79 Å². The third-order valence-electron chi connectivity index (χ3n) is 5.42. The standard InChI is InChI=1S/C25H25N3O2/c1-28-17-22(19-9-3-5-11-23(19)28)21(20-10-4-6-12-24(20)30-2)14-25(29)27-16-18-8-7-13-26-15-18/h3-13,15,17,21H,14,16H2,1-2H3,(H,27,29). The van der Waals surface area contributed by atoms with Gasteiger partial charge in [0, 0.05) is 61.0 Å². The highest BCUT2D eigenvalue weighted by Gasteiger charge is 2.24. The van der Waals surface area contributed by atoms with Crippen molar-refractivity contribution in [3.8, 4) is 5.75 Å². The van der Waals surface area contributed by atoms with Crippen LogP contribution in [0.4, 0.5) is 0 Å². The van der Waals surface area contributed by atoms with Gasteiger partial charge in [0.2, 0.25) is 5.91 Å². The van der Waals surface area contributed by atoms with Crippen molar-refractivity contribution in [2.24, 2.45) is 7.05 Å². The summed E-state index contributed by atoms with van der Waals surface area (Å²) in [6.07, 6.45) is 5.94. The number of aryl methyl sites for hydroxylation is 1. The van der Waals surface area contributed by atoms with Crippen LogP contribution in [0.1, 0.15) is 29.0 Å². The summed E-state index contributed by atoms with van der Waals surface area (Å²) in [5, 5.41) is 4.18. The molecule has 1 amide bonds. The summed E-state index contributed by atoms with van der Waals surface area (Å²) in [6, 6.07) is 20.0. The lowest BCUT2D eigenvalue weighted by Gasteiger charge is -2.20. The quantitative estimate of drug-likeness (QED) is 0.500. The minimum Gasteiger partial charge on any atom is -0.496 e. The number of methoxy groups -OCH3 is 1. The molecule has 4 aromatic rings. The number of benzene rings is 2. The molecule has 0 bridgehead atoms. The Labute approximate surface area is 176 Å². The van der Waals surface area contributed by atoms with Crippen molar-refractivity contribution in [2.45, 2.75) is 18.9 Å². The zero-order chi connectivity index (χ0) is 20.9. The molecule has 1 atom stereocenters. The van der Waals surface area contributed by atoms with Crippen molar-refractivity contribution in [2.75, 3.05) is 7.11 Å². The van der Waals surface area contributed by atoms with Crippen molar-refractivity contribution in [3.63, 3.8) is 0 Å². The maximum Gasteiger partial charge on any atom is 0.221 e. The Kier molecular flexibility index (Phi) is 5.80. The number of carbonyl (C=O) groups excluding carboxylic acids is 1. The van der Waals surface area contributed by atoms with Crippen LogP contribution >= 0.6 is 0 Å². The van der Waals surface area contributed by atoms with Gasteiger partial charge in [0.05, 0.1) is 7.11 Å². The Hall–Kier alpha value is -3.60. The third kappa shape index (κ3) is 4.06. The largest absolute Gasteiger partial charge is 0.496 e. The van der Waals surface area contributed by atoms with Gasteiger partial charge in [-0.25, -0.2) is 0 Å². The molecule has 0 fully saturated rings. The minimum absolute atomic E-state index is 0.0114. The predicted molar refractivity (Wildman–Crippen MR) is 118 cm³/mol. The van der Waals surface area contributed by atoms with Crippen LogP contribution in [-0.4, -0.2) is 22.6 Å². The number of amides is 1. The molecule has 30 heavy (non-hydrogen) atoms. The fourth-order valence-corrected chi connectivity index (χ4v) is 3.95. The molecule has 2 heterocycles. The summed E-state index contributed by atoms with van der Waals surface area (Å²) < 4.78 is 7.74. The number of fused-ring (bicyclic) bond motifs is 1. The maximum absolute atomic E-state index is 12.9. The first kappa shape index (κ1) is 19.7. The van der Waals surface area contributed by atoms with Gasteiger partial charge in [-0.1, -0.05) is 42.5 Å². The zero-order valence-corrected chi connectivity index (χ0v) is 17.2. The Balaban J connectivity index is 1.68. The van der Waals surface area contributed by atoms with Gasteiger partial charge in [-0.3, -0.25) is 9.78 Å². The zero-order valence-electron chi connectivity index (χ0n) is 17.2. The van der Waals surface area contributed by atoms with E-state index in [1.54, 1.807) is 19.5 Å². The summed E-state index contributed by atoms with van der Waals surface area (Å²) in [5.74, 6) is 0.652. The van der Waals surface area contributed by atoms with Gasteiger partial charge in [0.15, 0.2) is 0 Å². The molecule has 0 aliphatic rings. The Bertz CT molecular complexity index is 1150. The van der Waals surface area contributed by atoms with Crippen LogP contribution in [0, 0.1) is 0 Å². The van der Waals surface area contributed by atoms with Crippen molar-refractivity contribution in [1.82, 2.24) is 14.9 Å². The Morgan fingerprint density at radius 1 is 1.07 bits per heavy atom. The molecule has 0 radical (unpaired) electrons. The van der Waals surface area contributed by atoms with E-state index < -0.39 is 0 Å². The molecule has 5 heteroatoms. The first-order chi connectivity index (χ1) is 14.7. The van der Waals surface area contributed by atoms with Crippen LogP contribution in [0.5, 0.6) is 5.75 Å². The lowest BCUT2D eigenvalue weighted by Crippen LogP contribution is -2.25. The number of hydrogen-bond donors (Lipinski definition) is 1. The van der Waals surface area contributed by atoms with Crippen molar-refractivity contribution >= 4 is 16.8 Å². The summed E-state index contributed by atoms with van der Waals surface area (Å²) in [7, 11) is 3.70. The Morgan fingerprint density at radius 2 is 1.87 bits per heavy atom. The van der Waals surface area contributed by atoms with Crippen molar-refractivity contribution in [1.29, 1.82) is 0 Å². The smallest absolute Gasteiger partial charge is 0.221 e. The summed E-state index contributed by atoms with van der Waals surface area (Å²) >= 11 is 0. The highest BCUT2D eigenvalue weighted by Crippen LogP contribution is 2.38. The SMILES string of the molecule is COc1ccccc1C(CC(=O)NCc1cccnc1)c1cn(C)c2ccccc12. The number of ether oxygens (including phenoxy) is 1. The number of para-hydroxylation sites is 2. The number of nitrogens with zero attached hydrogens (tertiary/aromatic N) is 2. The number of aromatic nitrogens is 2. The molecule has 0 aliphatic heterocycles. The summed E-state index contributed by atoms with van der Waals surface area (Å²) in [4.78, 5) is 17.0. The lowest BCUT2D eigenvalue weighted by molar-refractivity contribution is -0.121. The number of nitrogens with one attached hydrogen (secondary N) is 1. The average molecular weight is 399 g/mol. The number of pyridine rings is 1. The Morgan fingerprint density at radius 3 is 2.67 bits per heavy atom. The first-order valence-electron chi connectivity index (χ1n) is 10.00. The van der Waals surface area contributed by atoms with Gasteiger partial charge in [-0.05, 0) is 29.3 Å². The number of hydrogen-bond acceptors (Lipinski definition) is 3. The van der Waals surface area contributed by atoms with Crippen LogP contribution < -0.4 is 10.1 Å². The molecular formula is C25H25N3O2. The summed E-state index contributed by atoms with van der Waals surface area (Å²) in [6.45, 7) is 0.459. The number of carbonyl (C=O) groups is 1. The molecule has 2 aromatic carbocycles. The highest BCUT2D eigenvalue weighted by molar-refractivity contribution is 5.86. The van der Waals surface area contributed by atoms with E-state index in [0.717, 1.165) is 33.3 Å². The van der Waals surface area contributed by atoms with Crippen molar-refractivity contribution < 1.29 is 9.53 Å².